The molecule has 0 aromatic heterocycles. The summed E-state index contributed by atoms with van der Waals surface area (Å²) in [6, 6.07) is 1.97. The highest BCUT2D eigenvalue weighted by atomic mass is 16.5. The molecular weight excluding hydrogens is 170 g/mol. The van der Waals surface area contributed by atoms with Crippen LogP contribution in [0.3, 0.4) is 0 Å². The third-order valence-corrected chi connectivity index (χ3v) is 2.12. The van der Waals surface area contributed by atoms with Crippen LogP contribution in [0.15, 0.2) is 0 Å². The van der Waals surface area contributed by atoms with Gasteiger partial charge in [0.25, 0.3) is 0 Å². The summed E-state index contributed by atoms with van der Waals surface area (Å²) in [6.45, 7) is 3.20. The molecule has 2 atom stereocenters. The predicted octanol–water partition coefficient (Wildman–Crippen LogP) is 0.726. The molecule has 1 fully saturated rings. The first kappa shape index (κ1) is 10.0. The zero-order chi connectivity index (χ0) is 9.68. The average Bonchev–Trinajstić information content (AvgIpc) is 2.59. The largest absolute Gasteiger partial charge is 0.465 e. The molecule has 1 aliphatic rings. The fourth-order valence-electron chi connectivity index (χ4n) is 1.40. The third-order valence-electron chi connectivity index (χ3n) is 2.12. The van der Waals surface area contributed by atoms with Crippen LogP contribution in [0.5, 0.6) is 0 Å². The standard InChI is InChI=1S/C9H13NO3/c1-2-13-9(11)8(5-10)7-3-4-12-6-7/h7-8H,2-4,6H2,1H3. The molecule has 0 aromatic rings. The zero-order valence-electron chi connectivity index (χ0n) is 7.66. The summed E-state index contributed by atoms with van der Waals surface area (Å²) in [5, 5.41) is 8.78. The molecule has 1 saturated heterocycles. The van der Waals surface area contributed by atoms with Gasteiger partial charge in [-0.1, -0.05) is 0 Å². The van der Waals surface area contributed by atoms with Crippen molar-refractivity contribution in [2.24, 2.45) is 11.8 Å². The Morgan fingerprint density at radius 2 is 2.62 bits per heavy atom. The maximum Gasteiger partial charge on any atom is 0.323 e. The summed E-state index contributed by atoms with van der Waals surface area (Å²) >= 11 is 0. The lowest BCUT2D eigenvalue weighted by Crippen LogP contribution is -2.24. The van der Waals surface area contributed by atoms with Crippen LogP contribution in [-0.2, 0) is 14.3 Å². The summed E-state index contributed by atoms with van der Waals surface area (Å²) in [4.78, 5) is 11.3. The SMILES string of the molecule is CCOC(=O)C(C#N)C1CCOC1. The van der Waals surface area contributed by atoms with Crippen molar-refractivity contribution in [1.82, 2.24) is 0 Å². The van der Waals surface area contributed by atoms with Gasteiger partial charge in [-0.05, 0) is 13.3 Å². The van der Waals surface area contributed by atoms with Crippen molar-refractivity contribution in [3.63, 3.8) is 0 Å². The van der Waals surface area contributed by atoms with Crippen molar-refractivity contribution in [3.05, 3.63) is 0 Å². The molecule has 1 rings (SSSR count). The predicted molar refractivity (Wildman–Crippen MR) is 44.7 cm³/mol. The van der Waals surface area contributed by atoms with Crippen LogP contribution in [-0.4, -0.2) is 25.8 Å². The summed E-state index contributed by atoms with van der Waals surface area (Å²) in [6.07, 6.45) is 0.775. The molecule has 0 amide bonds. The van der Waals surface area contributed by atoms with Gasteiger partial charge in [0.05, 0.1) is 19.3 Å². The Hall–Kier alpha value is -1.08. The summed E-state index contributed by atoms with van der Waals surface area (Å²) in [5.74, 6) is -1.05. The van der Waals surface area contributed by atoms with E-state index in [1.807, 2.05) is 6.07 Å². The second kappa shape index (κ2) is 4.83. The van der Waals surface area contributed by atoms with Crippen molar-refractivity contribution in [2.45, 2.75) is 13.3 Å². The van der Waals surface area contributed by atoms with Crippen molar-refractivity contribution >= 4 is 5.97 Å². The molecule has 0 saturated carbocycles. The average molecular weight is 183 g/mol. The Labute approximate surface area is 77.4 Å². The van der Waals surface area contributed by atoms with E-state index in [4.69, 9.17) is 14.7 Å². The normalized spacial score (nSPS) is 23.5. The van der Waals surface area contributed by atoms with Crippen molar-refractivity contribution in [1.29, 1.82) is 5.26 Å². The Morgan fingerprint density at radius 1 is 1.85 bits per heavy atom. The van der Waals surface area contributed by atoms with E-state index in [1.54, 1.807) is 6.92 Å². The molecular formula is C9H13NO3. The summed E-state index contributed by atoms with van der Waals surface area (Å²) < 4.78 is 9.90. The van der Waals surface area contributed by atoms with Crippen LogP contribution in [0, 0.1) is 23.2 Å². The van der Waals surface area contributed by atoms with E-state index in [9.17, 15) is 4.79 Å². The fraction of sp³-hybridized carbons (Fsp3) is 0.778. The van der Waals surface area contributed by atoms with Gasteiger partial charge < -0.3 is 9.47 Å². The first-order valence-electron chi connectivity index (χ1n) is 4.43. The zero-order valence-corrected chi connectivity index (χ0v) is 7.66. The molecule has 0 spiro atoms. The third kappa shape index (κ3) is 2.43. The van der Waals surface area contributed by atoms with E-state index >= 15 is 0 Å². The van der Waals surface area contributed by atoms with E-state index in [2.05, 4.69) is 0 Å². The van der Waals surface area contributed by atoms with E-state index < -0.39 is 11.9 Å². The first-order valence-corrected chi connectivity index (χ1v) is 4.43. The van der Waals surface area contributed by atoms with Gasteiger partial charge in [-0.15, -0.1) is 0 Å². The minimum atomic E-state index is -0.651. The van der Waals surface area contributed by atoms with Crippen molar-refractivity contribution < 1.29 is 14.3 Å². The molecule has 0 N–H and O–H groups in total. The summed E-state index contributed by atoms with van der Waals surface area (Å²) in [5.41, 5.74) is 0. The Morgan fingerprint density at radius 3 is 3.08 bits per heavy atom. The monoisotopic (exact) mass is 183 g/mol. The number of hydrogen-bond acceptors (Lipinski definition) is 4. The van der Waals surface area contributed by atoms with Crippen LogP contribution < -0.4 is 0 Å². The molecule has 0 aliphatic carbocycles. The topological polar surface area (TPSA) is 59.3 Å². The van der Waals surface area contributed by atoms with Gasteiger partial charge in [0.2, 0.25) is 0 Å². The molecule has 2 unspecified atom stereocenters. The molecule has 0 aromatic carbocycles. The number of nitriles is 1. The second-order valence-corrected chi connectivity index (χ2v) is 2.98. The Balaban J connectivity index is 2.51. The van der Waals surface area contributed by atoms with Crippen LogP contribution in [0.25, 0.3) is 0 Å². The van der Waals surface area contributed by atoms with Gasteiger partial charge in [0.15, 0.2) is 0 Å². The number of carbonyl (C=O) groups is 1. The quantitative estimate of drug-likeness (QED) is 0.605. The summed E-state index contributed by atoms with van der Waals surface area (Å²) in [7, 11) is 0. The fourth-order valence-corrected chi connectivity index (χ4v) is 1.40. The molecule has 4 nitrogen and oxygen atoms in total. The molecule has 0 bridgehead atoms. The molecule has 1 heterocycles. The van der Waals surface area contributed by atoms with Crippen molar-refractivity contribution in [2.75, 3.05) is 19.8 Å². The smallest absolute Gasteiger partial charge is 0.323 e. The minimum absolute atomic E-state index is 0.0176. The van der Waals surface area contributed by atoms with Crippen molar-refractivity contribution in [3.8, 4) is 6.07 Å². The van der Waals surface area contributed by atoms with E-state index in [-0.39, 0.29) is 5.92 Å². The highest BCUT2D eigenvalue weighted by molar-refractivity contribution is 5.75. The number of esters is 1. The minimum Gasteiger partial charge on any atom is -0.465 e. The van der Waals surface area contributed by atoms with Crippen LogP contribution >= 0.6 is 0 Å². The lowest BCUT2D eigenvalue weighted by atomic mass is 9.93. The number of rotatable bonds is 3. The van der Waals surface area contributed by atoms with Crippen LogP contribution in [0.1, 0.15) is 13.3 Å². The molecule has 4 heteroatoms. The molecule has 1 aliphatic heterocycles. The van der Waals surface area contributed by atoms with Gasteiger partial charge in [-0.2, -0.15) is 5.26 Å². The van der Waals surface area contributed by atoms with Gasteiger partial charge in [0, 0.05) is 12.5 Å². The lowest BCUT2D eigenvalue weighted by molar-refractivity contribution is -0.147. The van der Waals surface area contributed by atoms with Crippen LogP contribution in [0.2, 0.25) is 0 Å². The second-order valence-electron chi connectivity index (χ2n) is 2.98. The Bertz CT molecular complexity index is 215. The van der Waals surface area contributed by atoms with E-state index in [0.717, 1.165) is 6.42 Å². The van der Waals surface area contributed by atoms with Gasteiger partial charge in [-0.25, -0.2) is 0 Å². The number of ether oxygens (including phenoxy) is 2. The number of carbonyl (C=O) groups excluding carboxylic acids is 1. The highest BCUT2D eigenvalue weighted by Gasteiger charge is 2.32. The van der Waals surface area contributed by atoms with Gasteiger partial charge in [0.1, 0.15) is 5.92 Å². The lowest BCUT2D eigenvalue weighted by Gasteiger charge is -2.12. The molecule has 0 radical (unpaired) electrons. The van der Waals surface area contributed by atoms with Gasteiger partial charge >= 0.3 is 5.97 Å². The van der Waals surface area contributed by atoms with Gasteiger partial charge in [-0.3, -0.25) is 4.79 Å². The van der Waals surface area contributed by atoms with E-state index in [0.29, 0.717) is 19.8 Å². The highest BCUT2D eigenvalue weighted by Crippen LogP contribution is 2.22. The molecule has 13 heavy (non-hydrogen) atoms. The maximum absolute atomic E-state index is 11.3. The first-order chi connectivity index (χ1) is 6.29. The maximum atomic E-state index is 11.3. The molecule has 72 valence electrons. The van der Waals surface area contributed by atoms with Crippen LogP contribution in [0.4, 0.5) is 0 Å². The number of nitrogens with zero attached hydrogens (tertiary/aromatic N) is 1. The number of hydrogen-bond donors (Lipinski definition) is 0. The van der Waals surface area contributed by atoms with E-state index in [1.165, 1.54) is 0 Å². The Kier molecular flexibility index (Phi) is 3.71.